The number of sulfonamides is 1. The van der Waals surface area contributed by atoms with Crippen molar-refractivity contribution in [2.75, 3.05) is 31.1 Å². The van der Waals surface area contributed by atoms with Gasteiger partial charge in [-0.25, -0.2) is 18.4 Å². The van der Waals surface area contributed by atoms with Gasteiger partial charge in [-0.15, -0.1) is 11.3 Å². The number of thiophene rings is 1. The minimum Gasteiger partial charge on any atom is -0.353 e. The highest BCUT2D eigenvalue weighted by atomic mass is 32.2. The molecule has 36 heavy (non-hydrogen) atoms. The van der Waals surface area contributed by atoms with E-state index in [1.165, 1.54) is 20.8 Å². The fraction of sp³-hybridized carbons (Fsp3) is 0.520. The Morgan fingerprint density at radius 1 is 1.11 bits per heavy atom. The number of nitrogens with zero attached hydrogens (tertiary/aromatic N) is 4. The Morgan fingerprint density at radius 3 is 2.50 bits per heavy atom. The summed E-state index contributed by atoms with van der Waals surface area (Å²) in [6.45, 7) is 7.53. The molecule has 3 aromatic rings. The largest absolute Gasteiger partial charge is 0.416 e. The molecule has 0 unspecified atom stereocenters. The molecule has 194 valence electrons. The molecule has 0 N–H and O–H groups in total. The Balaban J connectivity index is 1.44. The van der Waals surface area contributed by atoms with Crippen molar-refractivity contribution in [3.63, 3.8) is 0 Å². The van der Waals surface area contributed by atoms with Crippen molar-refractivity contribution in [1.29, 1.82) is 0 Å². The lowest BCUT2D eigenvalue weighted by Gasteiger charge is -2.35. The Hall–Kier alpha value is -2.24. The Labute approximate surface area is 213 Å². The molecule has 5 rings (SSSR count). The summed E-state index contributed by atoms with van der Waals surface area (Å²) in [4.78, 5) is 13.9. The molecule has 0 amide bonds. The molecule has 11 heteroatoms. The summed E-state index contributed by atoms with van der Waals surface area (Å²) in [5.41, 5.74) is 0.348. The van der Waals surface area contributed by atoms with Gasteiger partial charge in [-0.1, -0.05) is 26.8 Å². The van der Waals surface area contributed by atoms with Crippen LogP contribution in [0, 0.1) is 5.92 Å². The van der Waals surface area contributed by atoms with Crippen LogP contribution < -0.4 is 4.90 Å². The summed E-state index contributed by atoms with van der Waals surface area (Å²) in [6, 6.07) is 3.95. The first kappa shape index (κ1) is 25.4. The van der Waals surface area contributed by atoms with Crippen LogP contribution in [0.2, 0.25) is 0 Å². The van der Waals surface area contributed by atoms with Crippen LogP contribution in [-0.4, -0.2) is 48.9 Å². The fourth-order valence-corrected chi connectivity index (χ4v) is 7.80. The minimum atomic E-state index is -4.60. The normalized spacial score (nSPS) is 19.8. The minimum absolute atomic E-state index is 0.147. The molecule has 1 aromatic carbocycles. The average molecular weight is 539 g/mol. The molecule has 2 aromatic heterocycles. The maximum Gasteiger partial charge on any atom is 0.416 e. The first-order valence-corrected chi connectivity index (χ1v) is 14.5. The van der Waals surface area contributed by atoms with Crippen molar-refractivity contribution in [3.05, 3.63) is 46.1 Å². The van der Waals surface area contributed by atoms with Gasteiger partial charge < -0.3 is 4.90 Å². The number of fused-ring (bicyclic) bond motifs is 3. The molecule has 0 radical (unpaired) electrons. The lowest BCUT2D eigenvalue weighted by Crippen LogP contribution is -2.49. The van der Waals surface area contributed by atoms with E-state index in [0.29, 0.717) is 25.1 Å². The lowest BCUT2D eigenvalue weighted by atomic mass is 9.89. The van der Waals surface area contributed by atoms with Crippen molar-refractivity contribution >= 4 is 37.4 Å². The van der Waals surface area contributed by atoms with Gasteiger partial charge in [0.1, 0.15) is 16.5 Å². The van der Waals surface area contributed by atoms with Crippen LogP contribution in [0.3, 0.4) is 0 Å². The summed E-state index contributed by atoms with van der Waals surface area (Å²) < 4.78 is 67.0. The topological polar surface area (TPSA) is 66.4 Å². The molecule has 2 aliphatic rings. The molecular formula is C25H29F3N4O2S2. The van der Waals surface area contributed by atoms with Crippen LogP contribution in [0.1, 0.15) is 54.9 Å². The van der Waals surface area contributed by atoms with Crippen molar-refractivity contribution < 1.29 is 21.6 Å². The second-order valence-corrected chi connectivity index (χ2v) is 13.0. The van der Waals surface area contributed by atoms with E-state index < -0.39 is 21.8 Å². The molecule has 1 aliphatic carbocycles. The van der Waals surface area contributed by atoms with Crippen molar-refractivity contribution in [3.8, 4) is 0 Å². The molecule has 0 spiro atoms. The van der Waals surface area contributed by atoms with E-state index in [1.807, 2.05) is 0 Å². The Kier molecular flexibility index (Phi) is 6.53. The highest BCUT2D eigenvalue weighted by Crippen LogP contribution is 2.42. The van der Waals surface area contributed by atoms with Gasteiger partial charge in [-0.05, 0) is 48.9 Å². The van der Waals surface area contributed by atoms with Gasteiger partial charge in [-0.3, -0.25) is 0 Å². The molecule has 1 aliphatic heterocycles. The van der Waals surface area contributed by atoms with Gasteiger partial charge in [0.2, 0.25) is 10.0 Å². The Morgan fingerprint density at radius 2 is 1.83 bits per heavy atom. The van der Waals surface area contributed by atoms with Crippen LogP contribution in [0.5, 0.6) is 0 Å². The average Bonchev–Trinajstić information content (AvgIpc) is 3.20. The third kappa shape index (κ3) is 4.61. The number of aryl methyl sites for hydroxylation is 1. The number of benzene rings is 1. The number of anilines is 1. The van der Waals surface area contributed by atoms with E-state index in [9.17, 15) is 21.6 Å². The van der Waals surface area contributed by atoms with E-state index in [4.69, 9.17) is 9.97 Å². The second kappa shape index (κ2) is 9.25. The molecular weight excluding hydrogens is 509 g/mol. The third-order valence-corrected chi connectivity index (χ3v) is 10.0. The standard InChI is InChI=1S/C25H29F3N4O2S2/c1-15(2)22-29-23(21-19-8-7-16(3)13-20(19)35-24(21)30-22)31-9-11-32(12-10-31)36(33,34)18-6-4-5-17(14-18)25(26,27)28/h4-6,14-16H,7-13H2,1-3H3/t16-/m0/s1. The van der Waals surface area contributed by atoms with Crippen molar-refractivity contribution in [2.45, 2.75) is 57.0 Å². The molecule has 1 saturated heterocycles. The zero-order valence-electron chi connectivity index (χ0n) is 20.5. The first-order chi connectivity index (χ1) is 16.9. The zero-order valence-corrected chi connectivity index (χ0v) is 22.1. The lowest BCUT2D eigenvalue weighted by molar-refractivity contribution is -0.137. The molecule has 6 nitrogen and oxygen atoms in total. The first-order valence-electron chi connectivity index (χ1n) is 12.2. The molecule has 0 bridgehead atoms. The summed E-state index contributed by atoms with van der Waals surface area (Å²) in [5.74, 6) is 2.40. The van der Waals surface area contributed by atoms with E-state index in [2.05, 4.69) is 25.7 Å². The molecule has 0 saturated carbocycles. The number of hydrogen-bond acceptors (Lipinski definition) is 6. The zero-order chi connectivity index (χ0) is 25.8. The van der Waals surface area contributed by atoms with Crippen LogP contribution in [0.4, 0.5) is 19.0 Å². The number of aromatic nitrogens is 2. The maximum atomic E-state index is 13.2. The van der Waals surface area contributed by atoms with Gasteiger partial charge in [0.05, 0.1) is 15.8 Å². The van der Waals surface area contributed by atoms with Gasteiger partial charge in [-0.2, -0.15) is 17.5 Å². The summed E-state index contributed by atoms with van der Waals surface area (Å²) in [5, 5.41) is 1.08. The second-order valence-electron chi connectivity index (χ2n) is 10.0. The third-order valence-electron chi connectivity index (χ3n) is 7.01. The number of alkyl halides is 3. The van der Waals surface area contributed by atoms with E-state index >= 15 is 0 Å². The Bertz CT molecular complexity index is 1390. The van der Waals surface area contributed by atoms with Gasteiger partial charge >= 0.3 is 6.18 Å². The highest BCUT2D eigenvalue weighted by Gasteiger charge is 2.35. The number of hydrogen-bond donors (Lipinski definition) is 0. The summed E-state index contributed by atoms with van der Waals surface area (Å²) >= 11 is 1.74. The molecule has 3 heterocycles. The van der Waals surface area contributed by atoms with Crippen LogP contribution in [0.15, 0.2) is 29.2 Å². The highest BCUT2D eigenvalue weighted by molar-refractivity contribution is 7.89. The van der Waals surface area contributed by atoms with Gasteiger partial charge in [0.15, 0.2) is 0 Å². The monoisotopic (exact) mass is 538 g/mol. The van der Waals surface area contributed by atoms with Crippen molar-refractivity contribution in [1.82, 2.24) is 14.3 Å². The predicted molar refractivity (Wildman–Crippen MR) is 135 cm³/mol. The smallest absolute Gasteiger partial charge is 0.353 e. The number of rotatable bonds is 4. The molecule has 1 atom stereocenters. The van der Waals surface area contributed by atoms with Crippen molar-refractivity contribution in [2.24, 2.45) is 5.92 Å². The van der Waals surface area contributed by atoms with Crippen LogP contribution in [0.25, 0.3) is 10.2 Å². The number of piperazine rings is 1. The van der Waals surface area contributed by atoms with E-state index in [1.54, 1.807) is 11.3 Å². The van der Waals surface area contributed by atoms with Gasteiger partial charge in [0.25, 0.3) is 0 Å². The number of halogens is 3. The summed E-state index contributed by atoms with van der Waals surface area (Å²) in [6.07, 6.45) is -1.46. The summed E-state index contributed by atoms with van der Waals surface area (Å²) in [7, 11) is -4.05. The fourth-order valence-electron chi connectivity index (χ4n) is 4.95. The quantitative estimate of drug-likeness (QED) is 0.441. The SMILES string of the molecule is CC(C)c1nc(N2CCN(S(=O)(=O)c3cccc(C(F)(F)F)c3)CC2)c2c3c(sc2n1)C[C@@H](C)CC3. The van der Waals surface area contributed by atoms with E-state index in [0.717, 1.165) is 53.3 Å². The maximum absolute atomic E-state index is 13.2. The predicted octanol–water partition coefficient (Wildman–Crippen LogP) is 5.47. The van der Waals surface area contributed by atoms with Crippen LogP contribution in [-0.2, 0) is 29.0 Å². The van der Waals surface area contributed by atoms with Gasteiger partial charge in [0, 0.05) is 37.0 Å². The van der Waals surface area contributed by atoms with Crippen LogP contribution >= 0.6 is 11.3 Å². The molecule has 1 fully saturated rings. The van der Waals surface area contributed by atoms with E-state index in [-0.39, 0.29) is 23.9 Å².